The molecular weight excluding hydrogens is 342 g/mol. The molecule has 126 valence electrons. The number of benzene rings is 2. The fourth-order valence-electron chi connectivity index (χ4n) is 2.27. The Hall–Kier alpha value is -3.12. The lowest BCUT2D eigenvalue weighted by Gasteiger charge is -2.08. The van der Waals surface area contributed by atoms with Crippen LogP contribution in [0.15, 0.2) is 59.1 Å². The highest BCUT2D eigenvalue weighted by Gasteiger charge is 2.17. The number of amides is 2. The van der Waals surface area contributed by atoms with Crippen molar-refractivity contribution in [1.82, 2.24) is 10.5 Å². The summed E-state index contributed by atoms with van der Waals surface area (Å²) in [4.78, 5) is 24.3. The summed E-state index contributed by atoms with van der Waals surface area (Å²) in [5.41, 5.74) is 1.56. The van der Waals surface area contributed by atoms with Gasteiger partial charge in [-0.2, -0.15) is 0 Å². The van der Waals surface area contributed by atoms with Crippen molar-refractivity contribution in [3.63, 3.8) is 0 Å². The Labute approximate surface area is 148 Å². The topological polar surface area (TPSA) is 84.2 Å². The molecule has 3 rings (SSSR count). The summed E-state index contributed by atoms with van der Waals surface area (Å²) in [6, 6.07) is 15.2. The lowest BCUT2D eigenvalue weighted by atomic mass is 10.1. The number of carbonyl (C=O) groups excluding carboxylic acids is 2. The first-order chi connectivity index (χ1) is 12.1. The van der Waals surface area contributed by atoms with Crippen molar-refractivity contribution < 1.29 is 14.1 Å². The van der Waals surface area contributed by atoms with Gasteiger partial charge < -0.3 is 15.2 Å². The van der Waals surface area contributed by atoms with Gasteiger partial charge in [-0.05, 0) is 24.3 Å². The zero-order valence-electron chi connectivity index (χ0n) is 13.2. The van der Waals surface area contributed by atoms with Crippen LogP contribution in [0.2, 0.25) is 5.02 Å². The lowest BCUT2D eigenvalue weighted by molar-refractivity contribution is 0.0964. The van der Waals surface area contributed by atoms with E-state index in [1.165, 1.54) is 13.1 Å². The van der Waals surface area contributed by atoms with Crippen molar-refractivity contribution >= 4 is 29.1 Å². The highest BCUT2D eigenvalue weighted by Crippen LogP contribution is 2.24. The van der Waals surface area contributed by atoms with Crippen LogP contribution in [0, 0.1) is 0 Å². The highest BCUT2D eigenvalue weighted by molar-refractivity contribution is 6.30. The van der Waals surface area contributed by atoms with E-state index in [0.717, 1.165) is 0 Å². The molecule has 0 spiro atoms. The summed E-state index contributed by atoms with van der Waals surface area (Å²) in [6.45, 7) is 0. The van der Waals surface area contributed by atoms with Gasteiger partial charge in [0.2, 0.25) is 0 Å². The predicted molar refractivity (Wildman–Crippen MR) is 94.7 cm³/mol. The van der Waals surface area contributed by atoms with Crippen LogP contribution >= 0.6 is 11.6 Å². The third-order valence-corrected chi connectivity index (χ3v) is 3.73. The van der Waals surface area contributed by atoms with E-state index in [1.807, 2.05) is 0 Å². The van der Waals surface area contributed by atoms with Crippen LogP contribution in [0.3, 0.4) is 0 Å². The molecule has 0 radical (unpaired) electrons. The summed E-state index contributed by atoms with van der Waals surface area (Å²) in [7, 11) is 1.52. The number of nitrogens with one attached hydrogen (secondary N) is 2. The minimum Gasteiger partial charge on any atom is -0.355 e. The van der Waals surface area contributed by atoms with E-state index in [-0.39, 0.29) is 11.6 Å². The van der Waals surface area contributed by atoms with Gasteiger partial charge >= 0.3 is 0 Å². The Morgan fingerprint density at radius 1 is 1.04 bits per heavy atom. The first-order valence-electron chi connectivity index (χ1n) is 7.43. The van der Waals surface area contributed by atoms with E-state index in [4.69, 9.17) is 16.1 Å². The SMILES string of the molecule is CNC(=O)c1ccccc1NC(=O)c1cc(-c2cccc(Cl)c2)on1. The number of nitrogens with zero attached hydrogens (tertiary/aromatic N) is 1. The summed E-state index contributed by atoms with van der Waals surface area (Å²) in [5.74, 6) is -0.351. The molecule has 1 heterocycles. The third kappa shape index (κ3) is 3.70. The van der Waals surface area contributed by atoms with Gasteiger partial charge in [0, 0.05) is 23.7 Å². The largest absolute Gasteiger partial charge is 0.355 e. The monoisotopic (exact) mass is 355 g/mol. The van der Waals surface area contributed by atoms with Crippen molar-refractivity contribution in [2.75, 3.05) is 12.4 Å². The Morgan fingerprint density at radius 2 is 1.84 bits per heavy atom. The first-order valence-corrected chi connectivity index (χ1v) is 7.81. The van der Waals surface area contributed by atoms with E-state index in [2.05, 4.69) is 15.8 Å². The molecule has 2 amide bonds. The van der Waals surface area contributed by atoms with Gasteiger partial charge in [0.05, 0.1) is 11.3 Å². The third-order valence-electron chi connectivity index (χ3n) is 3.50. The fourth-order valence-corrected chi connectivity index (χ4v) is 2.46. The Balaban J connectivity index is 1.83. The molecule has 2 N–H and O–H groups in total. The molecule has 2 aromatic carbocycles. The molecule has 0 saturated carbocycles. The maximum atomic E-state index is 12.4. The zero-order valence-corrected chi connectivity index (χ0v) is 14.0. The molecule has 3 aromatic rings. The van der Waals surface area contributed by atoms with Crippen molar-refractivity contribution in [2.24, 2.45) is 0 Å². The number of hydrogen-bond acceptors (Lipinski definition) is 4. The Morgan fingerprint density at radius 3 is 2.60 bits per heavy atom. The number of rotatable bonds is 4. The van der Waals surface area contributed by atoms with Crippen molar-refractivity contribution in [1.29, 1.82) is 0 Å². The van der Waals surface area contributed by atoms with Gasteiger partial charge in [0.25, 0.3) is 11.8 Å². The van der Waals surface area contributed by atoms with Gasteiger partial charge in [0.15, 0.2) is 11.5 Å². The Bertz CT molecular complexity index is 937. The van der Waals surface area contributed by atoms with E-state index in [9.17, 15) is 9.59 Å². The molecule has 0 aliphatic heterocycles. The lowest BCUT2D eigenvalue weighted by Crippen LogP contribution is -2.21. The second-order valence-electron chi connectivity index (χ2n) is 5.17. The van der Waals surface area contributed by atoms with Gasteiger partial charge in [-0.15, -0.1) is 0 Å². The molecule has 1 aromatic heterocycles. The van der Waals surface area contributed by atoms with Crippen LogP contribution < -0.4 is 10.6 Å². The smallest absolute Gasteiger partial charge is 0.277 e. The average molecular weight is 356 g/mol. The molecule has 0 fully saturated rings. The second kappa shape index (κ2) is 7.19. The fraction of sp³-hybridized carbons (Fsp3) is 0.0556. The maximum absolute atomic E-state index is 12.4. The summed E-state index contributed by atoms with van der Waals surface area (Å²) < 4.78 is 5.21. The minimum absolute atomic E-state index is 0.0988. The normalized spacial score (nSPS) is 10.3. The number of aromatic nitrogens is 1. The summed E-state index contributed by atoms with van der Waals surface area (Å²) in [5, 5.41) is 9.54. The van der Waals surface area contributed by atoms with Gasteiger partial charge in [-0.25, -0.2) is 0 Å². The van der Waals surface area contributed by atoms with Crippen molar-refractivity contribution in [3.8, 4) is 11.3 Å². The van der Waals surface area contributed by atoms with Crippen molar-refractivity contribution in [2.45, 2.75) is 0 Å². The number of carbonyl (C=O) groups is 2. The number of para-hydroxylation sites is 1. The molecule has 0 unspecified atom stereocenters. The van der Waals surface area contributed by atoms with E-state index in [1.54, 1.807) is 48.5 Å². The van der Waals surface area contributed by atoms with Gasteiger partial charge in [0.1, 0.15) is 0 Å². The van der Waals surface area contributed by atoms with Gasteiger partial charge in [-0.3, -0.25) is 9.59 Å². The quantitative estimate of drug-likeness (QED) is 0.748. The van der Waals surface area contributed by atoms with E-state index >= 15 is 0 Å². The molecule has 0 aliphatic carbocycles. The van der Waals surface area contributed by atoms with Crippen LogP contribution in [0.5, 0.6) is 0 Å². The molecule has 25 heavy (non-hydrogen) atoms. The van der Waals surface area contributed by atoms with Crippen LogP contribution in [0.1, 0.15) is 20.8 Å². The molecule has 0 aliphatic rings. The van der Waals surface area contributed by atoms with E-state index in [0.29, 0.717) is 27.6 Å². The molecule has 7 heteroatoms. The molecule has 6 nitrogen and oxygen atoms in total. The molecule has 0 atom stereocenters. The van der Waals surface area contributed by atoms with Crippen LogP contribution in [0.4, 0.5) is 5.69 Å². The molecular formula is C18H14ClN3O3. The van der Waals surface area contributed by atoms with E-state index < -0.39 is 5.91 Å². The standard InChI is InChI=1S/C18H14ClN3O3/c1-20-17(23)13-7-2-3-8-14(13)21-18(24)15-10-16(25-22-15)11-5-4-6-12(19)9-11/h2-10H,1H3,(H,20,23)(H,21,24). The minimum atomic E-state index is -0.478. The second-order valence-corrected chi connectivity index (χ2v) is 5.60. The van der Waals surface area contributed by atoms with Crippen molar-refractivity contribution in [3.05, 3.63) is 70.9 Å². The highest BCUT2D eigenvalue weighted by atomic mass is 35.5. The van der Waals surface area contributed by atoms with Gasteiger partial charge in [-0.1, -0.05) is 41.0 Å². The summed E-state index contributed by atoms with van der Waals surface area (Å²) >= 11 is 5.95. The summed E-state index contributed by atoms with van der Waals surface area (Å²) in [6.07, 6.45) is 0. The van der Waals surface area contributed by atoms with Crippen LogP contribution in [-0.4, -0.2) is 24.0 Å². The molecule has 0 bridgehead atoms. The average Bonchev–Trinajstić information content (AvgIpc) is 3.12. The Kier molecular flexibility index (Phi) is 4.81. The molecule has 0 saturated heterocycles. The first kappa shape index (κ1) is 16.7. The number of halogens is 1. The zero-order chi connectivity index (χ0) is 17.8. The van der Waals surface area contributed by atoms with Crippen LogP contribution in [0.25, 0.3) is 11.3 Å². The van der Waals surface area contributed by atoms with Crippen LogP contribution in [-0.2, 0) is 0 Å². The number of hydrogen-bond donors (Lipinski definition) is 2. The maximum Gasteiger partial charge on any atom is 0.277 e. The predicted octanol–water partition coefficient (Wildman–Crippen LogP) is 3.61. The number of anilines is 1.